The molecule has 1 aliphatic heterocycles. The van der Waals surface area contributed by atoms with Crippen LogP contribution in [0.1, 0.15) is 42.5 Å². The lowest BCUT2D eigenvalue weighted by atomic mass is 9.71. The van der Waals surface area contributed by atoms with Crippen LogP contribution in [-0.4, -0.2) is 39.6 Å². The number of aliphatic hydroxyl groups is 1. The number of carbonyl (C=O) groups is 1. The van der Waals surface area contributed by atoms with Crippen LogP contribution in [0, 0.1) is 5.92 Å². The molecule has 2 N–H and O–H groups in total. The summed E-state index contributed by atoms with van der Waals surface area (Å²) >= 11 is 0. The molecule has 0 bridgehead atoms. The van der Waals surface area contributed by atoms with Gasteiger partial charge in [-0.05, 0) is 25.3 Å². The van der Waals surface area contributed by atoms with Gasteiger partial charge in [-0.1, -0.05) is 12.8 Å². The number of aromatic nitrogens is 1. The summed E-state index contributed by atoms with van der Waals surface area (Å²) in [6.45, 7) is 1.21. The van der Waals surface area contributed by atoms with Gasteiger partial charge in [-0.25, -0.2) is 0 Å². The van der Waals surface area contributed by atoms with E-state index >= 15 is 0 Å². The SMILES string of the molecule is O=C(c1ccc(=O)[nH]c1)N1CCC2(O)CCCCC2C1. The molecular weight excluding hydrogens is 256 g/mol. The fourth-order valence-electron chi connectivity index (χ4n) is 3.48. The van der Waals surface area contributed by atoms with Crippen molar-refractivity contribution in [1.29, 1.82) is 0 Å². The molecule has 20 heavy (non-hydrogen) atoms. The minimum atomic E-state index is -0.569. The van der Waals surface area contributed by atoms with Crippen molar-refractivity contribution in [2.75, 3.05) is 13.1 Å². The van der Waals surface area contributed by atoms with Crippen LogP contribution in [0.3, 0.4) is 0 Å². The van der Waals surface area contributed by atoms with E-state index < -0.39 is 5.60 Å². The maximum atomic E-state index is 12.4. The number of fused-ring (bicyclic) bond motifs is 1. The lowest BCUT2D eigenvalue weighted by Crippen LogP contribution is -2.54. The molecule has 0 aromatic carbocycles. The summed E-state index contributed by atoms with van der Waals surface area (Å²) in [6, 6.07) is 2.93. The molecule has 3 rings (SSSR count). The van der Waals surface area contributed by atoms with Gasteiger partial charge in [0.1, 0.15) is 0 Å². The van der Waals surface area contributed by atoms with Gasteiger partial charge in [0.25, 0.3) is 5.91 Å². The van der Waals surface area contributed by atoms with Crippen LogP contribution in [0.15, 0.2) is 23.1 Å². The van der Waals surface area contributed by atoms with Crippen LogP contribution < -0.4 is 5.56 Å². The van der Waals surface area contributed by atoms with Crippen LogP contribution in [0.25, 0.3) is 0 Å². The molecule has 2 fully saturated rings. The smallest absolute Gasteiger partial charge is 0.255 e. The van der Waals surface area contributed by atoms with E-state index in [1.807, 2.05) is 0 Å². The first kappa shape index (κ1) is 13.4. The maximum Gasteiger partial charge on any atom is 0.255 e. The molecule has 1 aromatic heterocycles. The van der Waals surface area contributed by atoms with Crippen molar-refractivity contribution in [1.82, 2.24) is 9.88 Å². The number of nitrogens with one attached hydrogen (secondary N) is 1. The predicted molar refractivity (Wildman–Crippen MR) is 74.5 cm³/mol. The van der Waals surface area contributed by atoms with Gasteiger partial charge in [-0.2, -0.15) is 0 Å². The summed E-state index contributed by atoms with van der Waals surface area (Å²) in [6.07, 6.45) is 6.19. The molecule has 1 saturated heterocycles. The third kappa shape index (κ3) is 2.38. The van der Waals surface area contributed by atoms with Crippen LogP contribution in [0.4, 0.5) is 0 Å². The van der Waals surface area contributed by atoms with Crippen molar-refractivity contribution in [2.45, 2.75) is 37.7 Å². The van der Waals surface area contributed by atoms with Gasteiger partial charge in [-0.3, -0.25) is 9.59 Å². The highest BCUT2D eigenvalue weighted by Gasteiger charge is 2.43. The van der Waals surface area contributed by atoms with Gasteiger partial charge in [0, 0.05) is 31.3 Å². The number of carbonyl (C=O) groups excluding carboxylic acids is 1. The first-order valence-corrected chi connectivity index (χ1v) is 7.29. The molecule has 5 nitrogen and oxygen atoms in total. The minimum absolute atomic E-state index is 0.0612. The number of piperidine rings is 1. The number of amides is 1. The van der Waals surface area contributed by atoms with E-state index in [4.69, 9.17) is 0 Å². The third-order valence-corrected chi connectivity index (χ3v) is 4.75. The highest BCUT2D eigenvalue weighted by molar-refractivity contribution is 5.93. The van der Waals surface area contributed by atoms with Crippen molar-refractivity contribution in [3.8, 4) is 0 Å². The standard InChI is InChI=1S/C15H20N2O3/c18-13-5-4-11(9-16-13)14(19)17-8-7-15(20)6-2-1-3-12(15)10-17/h4-5,9,12,20H,1-3,6-8,10H2,(H,16,18). The maximum absolute atomic E-state index is 12.4. The molecular formula is C15H20N2O3. The van der Waals surface area contributed by atoms with Crippen LogP contribution >= 0.6 is 0 Å². The highest BCUT2D eigenvalue weighted by atomic mass is 16.3. The van der Waals surface area contributed by atoms with Gasteiger partial charge in [0.05, 0.1) is 11.2 Å². The summed E-state index contributed by atoms with van der Waals surface area (Å²) < 4.78 is 0. The summed E-state index contributed by atoms with van der Waals surface area (Å²) in [7, 11) is 0. The lowest BCUT2D eigenvalue weighted by Gasteiger charge is -2.47. The molecule has 1 saturated carbocycles. The largest absolute Gasteiger partial charge is 0.389 e. The molecule has 2 atom stereocenters. The molecule has 2 aliphatic rings. The van der Waals surface area contributed by atoms with Gasteiger partial charge >= 0.3 is 0 Å². The number of nitrogens with zero attached hydrogens (tertiary/aromatic N) is 1. The Kier molecular flexibility index (Phi) is 3.38. The molecule has 1 aliphatic carbocycles. The Balaban J connectivity index is 1.74. The van der Waals surface area contributed by atoms with Crippen molar-refractivity contribution < 1.29 is 9.90 Å². The molecule has 2 heterocycles. The molecule has 5 heteroatoms. The van der Waals surface area contributed by atoms with E-state index in [0.29, 0.717) is 25.1 Å². The van der Waals surface area contributed by atoms with Crippen LogP contribution in [0.5, 0.6) is 0 Å². The number of likely N-dealkylation sites (tertiary alicyclic amines) is 1. The summed E-state index contributed by atoms with van der Waals surface area (Å²) in [5, 5.41) is 10.6. The van der Waals surface area contributed by atoms with E-state index in [1.54, 1.807) is 11.0 Å². The van der Waals surface area contributed by atoms with E-state index in [9.17, 15) is 14.7 Å². The van der Waals surface area contributed by atoms with Crippen molar-refractivity contribution in [3.63, 3.8) is 0 Å². The van der Waals surface area contributed by atoms with Crippen molar-refractivity contribution in [3.05, 3.63) is 34.2 Å². The average molecular weight is 276 g/mol. The second kappa shape index (κ2) is 5.05. The Hall–Kier alpha value is -1.62. The van der Waals surface area contributed by atoms with Gasteiger partial charge in [0.2, 0.25) is 5.56 Å². The summed E-state index contributed by atoms with van der Waals surface area (Å²) in [4.78, 5) is 27.8. The van der Waals surface area contributed by atoms with E-state index in [2.05, 4.69) is 4.98 Å². The van der Waals surface area contributed by atoms with Crippen molar-refractivity contribution >= 4 is 5.91 Å². The number of hydrogen-bond acceptors (Lipinski definition) is 3. The predicted octanol–water partition coefficient (Wildman–Crippen LogP) is 1.14. The van der Waals surface area contributed by atoms with Gasteiger partial charge < -0.3 is 15.0 Å². The molecule has 2 unspecified atom stereocenters. The number of pyridine rings is 1. The van der Waals surface area contributed by atoms with E-state index in [0.717, 1.165) is 25.7 Å². The monoisotopic (exact) mass is 276 g/mol. The first-order chi connectivity index (χ1) is 9.58. The molecule has 1 amide bonds. The fourth-order valence-corrected chi connectivity index (χ4v) is 3.48. The van der Waals surface area contributed by atoms with Gasteiger partial charge in [-0.15, -0.1) is 0 Å². The zero-order chi connectivity index (χ0) is 14.2. The number of aromatic amines is 1. The second-order valence-electron chi connectivity index (χ2n) is 5.99. The average Bonchev–Trinajstić information content (AvgIpc) is 2.46. The number of rotatable bonds is 1. The summed E-state index contributed by atoms with van der Waals surface area (Å²) in [5.74, 6) is 0.130. The lowest BCUT2D eigenvalue weighted by molar-refractivity contribution is -0.0886. The molecule has 0 radical (unpaired) electrons. The Labute approximate surface area is 117 Å². The van der Waals surface area contributed by atoms with E-state index in [1.165, 1.54) is 12.3 Å². The Bertz CT molecular complexity index is 548. The quantitative estimate of drug-likeness (QED) is 0.808. The van der Waals surface area contributed by atoms with Crippen LogP contribution in [-0.2, 0) is 0 Å². The minimum Gasteiger partial charge on any atom is -0.389 e. The van der Waals surface area contributed by atoms with Crippen molar-refractivity contribution in [2.24, 2.45) is 5.92 Å². The molecule has 0 spiro atoms. The van der Waals surface area contributed by atoms with Crippen LogP contribution in [0.2, 0.25) is 0 Å². The molecule has 1 aromatic rings. The van der Waals surface area contributed by atoms with E-state index in [-0.39, 0.29) is 17.4 Å². The zero-order valence-corrected chi connectivity index (χ0v) is 11.5. The first-order valence-electron chi connectivity index (χ1n) is 7.29. The zero-order valence-electron chi connectivity index (χ0n) is 11.5. The normalized spacial score (nSPS) is 29.9. The highest BCUT2D eigenvalue weighted by Crippen LogP contribution is 2.39. The topological polar surface area (TPSA) is 73.4 Å². The Morgan fingerprint density at radius 1 is 1.35 bits per heavy atom. The van der Waals surface area contributed by atoms with Gasteiger partial charge in [0.15, 0.2) is 0 Å². The molecule has 108 valence electrons. The fraction of sp³-hybridized carbons (Fsp3) is 0.600. The third-order valence-electron chi connectivity index (χ3n) is 4.75. The Morgan fingerprint density at radius 3 is 2.95 bits per heavy atom. The summed E-state index contributed by atoms with van der Waals surface area (Å²) in [5.41, 5.74) is -0.271. The Morgan fingerprint density at radius 2 is 2.20 bits per heavy atom. The number of H-pyrrole nitrogens is 1. The second-order valence-corrected chi connectivity index (χ2v) is 5.99. The number of hydrogen-bond donors (Lipinski definition) is 2.